The van der Waals surface area contributed by atoms with E-state index in [0.29, 0.717) is 34.7 Å². The van der Waals surface area contributed by atoms with Crippen molar-refractivity contribution in [1.29, 1.82) is 0 Å². The molecule has 0 unspecified atom stereocenters. The summed E-state index contributed by atoms with van der Waals surface area (Å²) in [7, 11) is 1.33. The normalized spacial score (nSPS) is 10.8. The molecule has 0 atom stereocenters. The highest BCUT2D eigenvalue weighted by Crippen LogP contribution is 2.36. The van der Waals surface area contributed by atoms with E-state index >= 15 is 0 Å². The van der Waals surface area contributed by atoms with Gasteiger partial charge in [-0.3, -0.25) is 4.79 Å². The fourth-order valence-corrected chi connectivity index (χ4v) is 5.47. The minimum absolute atomic E-state index is 0.102. The van der Waals surface area contributed by atoms with Crippen LogP contribution in [0.15, 0.2) is 65.1 Å². The first-order chi connectivity index (χ1) is 17.6. The van der Waals surface area contributed by atoms with Gasteiger partial charge in [-0.05, 0) is 31.5 Å². The van der Waals surface area contributed by atoms with Crippen LogP contribution in [-0.4, -0.2) is 46.1 Å². The summed E-state index contributed by atoms with van der Waals surface area (Å²) >= 11 is 2.57. The number of para-hydroxylation sites is 1. The van der Waals surface area contributed by atoms with Gasteiger partial charge in [-0.2, -0.15) is 0 Å². The molecule has 0 radical (unpaired) electrons. The maximum atomic E-state index is 12.9. The summed E-state index contributed by atoms with van der Waals surface area (Å²) in [6.45, 7) is 5.11. The Morgan fingerprint density at radius 1 is 1.03 bits per heavy atom. The Hall–Kier alpha value is -3.63. The van der Waals surface area contributed by atoms with Gasteiger partial charge in [-0.15, -0.1) is 21.5 Å². The Balaban J connectivity index is 1.51. The number of rotatable bonds is 10. The number of benzene rings is 2. The van der Waals surface area contributed by atoms with Crippen molar-refractivity contribution in [3.8, 4) is 28.3 Å². The summed E-state index contributed by atoms with van der Waals surface area (Å²) in [4.78, 5) is 25.4. The van der Waals surface area contributed by atoms with Crippen molar-refractivity contribution in [2.75, 3.05) is 24.8 Å². The maximum absolute atomic E-state index is 12.9. The van der Waals surface area contributed by atoms with E-state index in [1.165, 1.54) is 30.2 Å². The predicted molar refractivity (Wildman–Crippen MR) is 143 cm³/mol. The summed E-state index contributed by atoms with van der Waals surface area (Å²) in [6.07, 6.45) is 0. The Labute approximate surface area is 217 Å². The minimum Gasteiger partial charge on any atom is -0.493 e. The smallest absolute Gasteiger partial charge is 0.341 e. The minimum atomic E-state index is -0.499. The van der Waals surface area contributed by atoms with E-state index in [-0.39, 0.29) is 11.7 Å². The van der Waals surface area contributed by atoms with Crippen molar-refractivity contribution < 1.29 is 19.1 Å². The third-order valence-corrected chi connectivity index (χ3v) is 7.17. The summed E-state index contributed by atoms with van der Waals surface area (Å²) in [5.41, 5.74) is 2.79. The number of thioether (sulfide) groups is 1. The first-order valence-corrected chi connectivity index (χ1v) is 13.3. The molecular formula is C26H26N4O4S2. The van der Waals surface area contributed by atoms with E-state index < -0.39 is 5.97 Å². The average molecular weight is 523 g/mol. The highest BCUT2D eigenvalue weighted by atomic mass is 32.2. The van der Waals surface area contributed by atoms with Gasteiger partial charge in [0.2, 0.25) is 5.91 Å². The molecule has 10 heteroatoms. The lowest BCUT2D eigenvalue weighted by atomic mass is 10.0. The van der Waals surface area contributed by atoms with Gasteiger partial charge < -0.3 is 19.4 Å². The second-order valence-corrected chi connectivity index (χ2v) is 9.35. The molecule has 4 rings (SSSR count). The molecule has 0 saturated carbocycles. The number of nitrogens with zero attached hydrogens (tertiary/aromatic N) is 3. The first kappa shape index (κ1) is 25.5. The van der Waals surface area contributed by atoms with Crippen LogP contribution in [0.2, 0.25) is 0 Å². The molecule has 0 aliphatic carbocycles. The number of amides is 1. The van der Waals surface area contributed by atoms with E-state index in [2.05, 4.69) is 15.5 Å². The number of ether oxygens (including phenoxy) is 2. The second-order valence-electron chi connectivity index (χ2n) is 7.53. The molecule has 4 aromatic rings. The number of nitrogens with one attached hydrogen (secondary N) is 1. The molecule has 8 nitrogen and oxygen atoms in total. The summed E-state index contributed by atoms with van der Waals surface area (Å²) in [5, 5.41) is 14.5. The summed E-state index contributed by atoms with van der Waals surface area (Å²) in [6, 6.07) is 17.2. The van der Waals surface area contributed by atoms with Crippen LogP contribution in [0.25, 0.3) is 22.5 Å². The highest BCUT2D eigenvalue weighted by molar-refractivity contribution is 7.99. The zero-order chi connectivity index (χ0) is 25.5. The number of hydrogen-bond donors (Lipinski definition) is 1. The van der Waals surface area contributed by atoms with E-state index in [0.717, 1.165) is 22.4 Å². The molecule has 0 fully saturated rings. The lowest BCUT2D eigenvalue weighted by Gasteiger charge is -2.11. The summed E-state index contributed by atoms with van der Waals surface area (Å²) in [5.74, 6) is 0.765. The molecule has 2 heterocycles. The van der Waals surface area contributed by atoms with Crippen LogP contribution in [0.4, 0.5) is 5.00 Å². The maximum Gasteiger partial charge on any atom is 0.341 e. The lowest BCUT2D eigenvalue weighted by Crippen LogP contribution is -2.16. The number of thiophene rings is 1. The van der Waals surface area contributed by atoms with Crippen molar-refractivity contribution in [2.24, 2.45) is 0 Å². The zero-order valence-electron chi connectivity index (χ0n) is 20.2. The molecule has 0 aliphatic heterocycles. The third kappa shape index (κ3) is 5.44. The van der Waals surface area contributed by atoms with Crippen LogP contribution in [-0.2, 0) is 16.1 Å². The molecule has 0 bridgehead atoms. The molecular weight excluding hydrogens is 496 g/mol. The van der Waals surface area contributed by atoms with Crippen molar-refractivity contribution in [1.82, 2.24) is 14.8 Å². The van der Waals surface area contributed by atoms with Gasteiger partial charge in [0.05, 0.1) is 25.0 Å². The van der Waals surface area contributed by atoms with Gasteiger partial charge in [0.25, 0.3) is 0 Å². The number of aromatic nitrogens is 3. The molecule has 2 aromatic heterocycles. The molecule has 2 aromatic carbocycles. The number of esters is 1. The number of carbonyl (C=O) groups excluding carboxylic acids is 2. The molecule has 0 aliphatic rings. The van der Waals surface area contributed by atoms with Gasteiger partial charge in [-0.1, -0.05) is 54.2 Å². The second kappa shape index (κ2) is 11.9. The Morgan fingerprint density at radius 3 is 2.50 bits per heavy atom. The topological polar surface area (TPSA) is 95.3 Å². The quantitative estimate of drug-likeness (QED) is 0.214. The fourth-order valence-electron chi connectivity index (χ4n) is 3.69. The zero-order valence-corrected chi connectivity index (χ0v) is 21.8. The Bertz CT molecular complexity index is 1350. The van der Waals surface area contributed by atoms with E-state index in [1.807, 2.05) is 78.4 Å². The van der Waals surface area contributed by atoms with Gasteiger partial charge in [-0.25, -0.2) is 4.79 Å². The van der Waals surface area contributed by atoms with E-state index in [1.54, 1.807) is 0 Å². The monoisotopic (exact) mass is 522 g/mol. The standard InChI is InChI=1S/C26H26N4O4S2/c1-4-30-23(18-13-9-10-14-20(18)34-5-2)28-29-26(30)36-16-21(31)27-24-22(25(32)33-3)19(15-35-24)17-11-7-6-8-12-17/h6-15H,4-5,16H2,1-3H3,(H,27,31). The van der Waals surface area contributed by atoms with Gasteiger partial charge >= 0.3 is 5.97 Å². The van der Waals surface area contributed by atoms with Crippen LogP contribution < -0.4 is 10.1 Å². The largest absolute Gasteiger partial charge is 0.493 e. The van der Waals surface area contributed by atoms with E-state index in [9.17, 15) is 9.59 Å². The van der Waals surface area contributed by atoms with Gasteiger partial charge in [0.15, 0.2) is 11.0 Å². The Kier molecular flexibility index (Phi) is 8.40. The SMILES string of the molecule is CCOc1ccccc1-c1nnc(SCC(=O)Nc2scc(-c3ccccc3)c2C(=O)OC)n1CC. The molecule has 0 spiro atoms. The first-order valence-electron chi connectivity index (χ1n) is 11.4. The molecule has 0 saturated heterocycles. The van der Waals surface area contributed by atoms with Crippen molar-refractivity contribution in [3.05, 3.63) is 65.5 Å². The van der Waals surface area contributed by atoms with Crippen LogP contribution in [0.1, 0.15) is 24.2 Å². The van der Waals surface area contributed by atoms with Crippen molar-refractivity contribution >= 4 is 40.0 Å². The molecule has 186 valence electrons. The highest BCUT2D eigenvalue weighted by Gasteiger charge is 2.23. The van der Waals surface area contributed by atoms with Crippen LogP contribution in [0.5, 0.6) is 5.75 Å². The summed E-state index contributed by atoms with van der Waals surface area (Å²) < 4.78 is 12.7. The van der Waals surface area contributed by atoms with E-state index in [4.69, 9.17) is 9.47 Å². The molecule has 1 N–H and O–H groups in total. The average Bonchev–Trinajstić information content (AvgIpc) is 3.52. The lowest BCUT2D eigenvalue weighted by molar-refractivity contribution is -0.113. The Morgan fingerprint density at radius 2 is 1.78 bits per heavy atom. The van der Waals surface area contributed by atoms with Gasteiger partial charge in [0.1, 0.15) is 16.3 Å². The van der Waals surface area contributed by atoms with Crippen molar-refractivity contribution in [2.45, 2.75) is 25.5 Å². The van der Waals surface area contributed by atoms with Crippen LogP contribution in [0, 0.1) is 0 Å². The number of hydrogen-bond acceptors (Lipinski definition) is 8. The van der Waals surface area contributed by atoms with Crippen LogP contribution >= 0.6 is 23.1 Å². The molecule has 1 amide bonds. The van der Waals surface area contributed by atoms with Crippen LogP contribution in [0.3, 0.4) is 0 Å². The fraction of sp³-hybridized carbons (Fsp3) is 0.231. The van der Waals surface area contributed by atoms with Crippen molar-refractivity contribution in [3.63, 3.8) is 0 Å². The number of anilines is 1. The number of methoxy groups -OCH3 is 1. The predicted octanol–water partition coefficient (Wildman–Crippen LogP) is 5.61. The number of carbonyl (C=O) groups is 2. The van der Waals surface area contributed by atoms with Gasteiger partial charge in [0, 0.05) is 17.5 Å². The third-order valence-electron chi connectivity index (χ3n) is 5.31. The molecule has 36 heavy (non-hydrogen) atoms.